The van der Waals surface area contributed by atoms with Gasteiger partial charge in [-0.05, 0) is 38.3 Å². The van der Waals surface area contributed by atoms with Gasteiger partial charge in [-0.3, -0.25) is 19.3 Å². The van der Waals surface area contributed by atoms with E-state index in [9.17, 15) is 24.3 Å². The van der Waals surface area contributed by atoms with Gasteiger partial charge in [0, 0.05) is 0 Å². The van der Waals surface area contributed by atoms with Gasteiger partial charge in [0.25, 0.3) is 11.8 Å². The second-order valence-electron chi connectivity index (χ2n) is 6.73. The molecule has 2 N–H and O–H groups in total. The van der Waals surface area contributed by atoms with Crippen molar-refractivity contribution in [1.29, 1.82) is 0 Å². The van der Waals surface area contributed by atoms with Gasteiger partial charge in [-0.1, -0.05) is 25.5 Å². The lowest BCUT2D eigenvalue weighted by molar-refractivity contribution is -0.142. The number of nitrogens with zero attached hydrogens (tertiary/aromatic N) is 1. The molecule has 7 heteroatoms. The summed E-state index contributed by atoms with van der Waals surface area (Å²) in [4.78, 5) is 49.6. The molecule has 0 spiro atoms. The number of rotatable bonds is 6. The van der Waals surface area contributed by atoms with Gasteiger partial charge in [0.05, 0.1) is 11.1 Å². The highest BCUT2D eigenvalue weighted by Gasteiger charge is 2.41. The lowest BCUT2D eigenvalue weighted by atomic mass is 10.0. The molecular weight excluding hydrogens is 324 g/mol. The summed E-state index contributed by atoms with van der Waals surface area (Å²) in [5, 5.41) is 11.7. The molecule has 0 saturated heterocycles. The van der Waals surface area contributed by atoms with Crippen molar-refractivity contribution in [2.45, 2.75) is 46.2 Å². The first kappa shape index (κ1) is 18.6. The van der Waals surface area contributed by atoms with Crippen molar-refractivity contribution in [2.75, 3.05) is 0 Å². The van der Waals surface area contributed by atoms with Gasteiger partial charge in [0.15, 0.2) is 0 Å². The van der Waals surface area contributed by atoms with Gasteiger partial charge < -0.3 is 10.4 Å². The number of carboxylic acid groups (broad SMARTS) is 1. The number of carboxylic acids is 1. The fourth-order valence-corrected chi connectivity index (χ4v) is 2.83. The molecule has 1 aromatic rings. The van der Waals surface area contributed by atoms with E-state index in [1.54, 1.807) is 25.1 Å². The van der Waals surface area contributed by atoms with Crippen LogP contribution < -0.4 is 5.32 Å². The van der Waals surface area contributed by atoms with Crippen LogP contribution in [0.2, 0.25) is 0 Å². The number of carbonyl (C=O) groups excluding carboxylic acids is 3. The molecule has 1 heterocycles. The Morgan fingerprint density at radius 3 is 2.28 bits per heavy atom. The van der Waals surface area contributed by atoms with E-state index in [1.165, 1.54) is 6.92 Å². The minimum Gasteiger partial charge on any atom is -0.480 e. The molecule has 134 valence electrons. The van der Waals surface area contributed by atoms with E-state index in [1.807, 2.05) is 13.8 Å². The van der Waals surface area contributed by atoms with Crippen molar-refractivity contribution >= 4 is 23.7 Å². The van der Waals surface area contributed by atoms with Crippen LogP contribution in [0.25, 0.3) is 0 Å². The third-order valence-electron chi connectivity index (χ3n) is 4.16. The lowest BCUT2D eigenvalue weighted by Crippen LogP contribution is -2.52. The molecule has 0 bridgehead atoms. The summed E-state index contributed by atoms with van der Waals surface area (Å²) >= 11 is 0. The number of benzene rings is 1. The number of aryl methyl sites for hydroxylation is 1. The van der Waals surface area contributed by atoms with E-state index < -0.39 is 35.8 Å². The van der Waals surface area contributed by atoms with E-state index in [0.717, 1.165) is 10.5 Å². The molecule has 0 aromatic heterocycles. The molecule has 25 heavy (non-hydrogen) atoms. The molecule has 7 nitrogen and oxygen atoms in total. The second-order valence-corrected chi connectivity index (χ2v) is 6.73. The highest BCUT2D eigenvalue weighted by atomic mass is 16.4. The van der Waals surface area contributed by atoms with Crippen molar-refractivity contribution in [2.24, 2.45) is 5.92 Å². The second kappa shape index (κ2) is 7.04. The zero-order chi connectivity index (χ0) is 18.9. The van der Waals surface area contributed by atoms with Gasteiger partial charge in [0.1, 0.15) is 12.1 Å². The minimum atomic E-state index is -1.15. The molecule has 1 aliphatic heterocycles. The topological polar surface area (TPSA) is 104 Å². The summed E-state index contributed by atoms with van der Waals surface area (Å²) in [6, 6.07) is 2.74. The summed E-state index contributed by atoms with van der Waals surface area (Å²) < 4.78 is 0. The number of imide groups is 1. The monoisotopic (exact) mass is 346 g/mol. The Bertz CT molecular complexity index is 741. The van der Waals surface area contributed by atoms with Crippen LogP contribution in [0.3, 0.4) is 0 Å². The first-order valence-electron chi connectivity index (χ1n) is 8.15. The van der Waals surface area contributed by atoms with E-state index in [2.05, 4.69) is 5.32 Å². The Morgan fingerprint density at radius 2 is 1.72 bits per heavy atom. The predicted molar refractivity (Wildman–Crippen MR) is 90.2 cm³/mol. The minimum absolute atomic E-state index is 0.0685. The van der Waals surface area contributed by atoms with Crippen LogP contribution >= 0.6 is 0 Å². The quantitative estimate of drug-likeness (QED) is 0.761. The molecule has 2 rings (SSSR count). The number of nitrogens with one attached hydrogen (secondary N) is 1. The number of carbonyl (C=O) groups is 4. The van der Waals surface area contributed by atoms with E-state index >= 15 is 0 Å². The maximum atomic E-state index is 12.5. The summed E-state index contributed by atoms with van der Waals surface area (Å²) in [7, 11) is 0. The Kier molecular flexibility index (Phi) is 5.25. The molecule has 0 saturated carbocycles. The van der Waals surface area contributed by atoms with Crippen LogP contribution in [-0.2, 0) is 9.59 Å². The van der Waals surface area contributed by atoms with E-state index in [-0.39, 0.29) is 23.5 Å². The summed E-state index contributed by atoms with van der Waals surface area (Å²) in [6.07, 6.45) is 0.259. The van der Waals surface area contributed by atoms with E-state index in [4.69, 9.17) is 0 Å². The van der Waals surface area contributed by atoms with Gasteiger partial charge >= 0.3 is 5.97 Å². The molecule has 2 unspecified atom stereocenters. The normalized spacial score (nSPS) is 16.0. The van der Waals surface area contributed by atoms with Crippen molar-refractivity contribution in [3.05, 3.63) is 34.9 Å². The zero-order valence-corrected chi connectivity index (χ0v) is 14.7. The van der Waals surface area contributed by atoms with Crippen molar-refractivity contribution in [1.82, 2.24) is 10.2 Å². The van der Waals surface area contributed by atoms with Crippen LogP contribution in [0.1, 0.15) is 53.5 Å². The maximum Gasteiger partial charge on any atom is 0.326 e. The number of hydrogen-bond donors (Lipinski definition) is 2. The third-order valence-corrected chi connectivity index (χ3v) is 4.16. The highest BCUT2D eigenvalue weighted by molar-refractivity contribution is 6.22. The number of fused-ring (bicyclic) bond motifs is 1. The number of amides is 3. The lowest BCUT2D eigenvalue weighted by Gasteiger charge is -2.24. The molecule has 1 aromatic carbocycles. The average Bonchev–Trinajstić information content (AvgIpc) is 2.76. The Hall–Kier alpha value is -2.70. The zero-order valence-electron chi connectivity index (χ0n) is 14.7. The molecule has 3 amide bonds. The molecule has 0 fully saturated rings. The number of aliphatic carboxylic acids is 1. The summed E-state index contributed by atoms with van der Waals surface area (Å²) in [5.41, 5.74) is 1.36. The fraction of sp³-hybridized carbons (Fsp3) is 0.444. The molecule has 0 aliphatic carbocycles. The number of hydrogen-bond acceptors (Lipinski definition) is 4. The average molecular weight is 346 g/mol. The predicted octanol–water partition coefficient (Wildman–Crippen LogP) is 1.60. The molecule has 1 aliphatic rings. The SMILES string of the molecule is Cc1ccc2c(c1)C(=O)N(C(C)C(=O)NC(CC(C)C)C(=O)O)C2=O. The first-order chi connectivity index (χ1) is 11.6. The smallest absolute Gasteiger partial charge is 0.326 e. The van der Waals surface area contributed by atoms with Gasteiger partial charge in [-0.25, -0.2) is 4.79 Å². The highest BCUT2D eigenvalue weighted by Crippen LogP contribution is 2.25. The van der Waals surface area contributed by atoms with Crippen LogP contribution in [-0.4, -0.2) is 45.8 Å². The first-order valence-corrected chi connectivity index (χ1v) is 8.15. The Balaban J connectivity index is 2.19. The van der Waals surface area contributed by atoms with Crippen LogP contribution in [0.15, 0.2) is 18.2 Å². The molecule has 0 radical (unpaired) electrons. The van der Waals surface area contributed by atoms with Crippen LogP contribution in [0.5, 0.6) is 0 Å². The van der Waals surface area contributed by atoms with Gasteiger partial charge in [-0.15, -0.1) is 0 Å². The van der Waals surface area contributed by atoms with Gasteiger partial charge in [-0.2, -0.15) is 0 Å². The van der Waals surface area contributed by atoms with Crippen molar-refractivity contribution < 1.29 is 24.3 Å². The van der Waals surface area contributed by atoms with Gasteiger partial charge in [0.2, 0.25) is 5.91 Å². The fourth-order valence-electron chi connectivity index (χ4n) is 2.83. The summed E-state index contributed by atoms with van der Waals surface area (Å²) in [6.45, 7) is 6.91. The Morgan fingerprint density at radius 1 is 1.12 bits per heavy atom. The molecule has 2 atom stereocenters. The maximum absolute atomic E-state index is 12.5. The standard InChI is InChI=1S/C18H22N2O5/c1-9(2)7-14(18(24)25)19-15(21)11(4)20-16(22)12-6-5-10(3)8-13(12)17(20)23/h5-6,8-9,11,14H,7H2,1-4H3,(H,19,21)(H,24,25). The third kappa shape index (κ3) is 3.70. The van der Waals surface area contributed by atoms with Crippen LogP contribution in [0, 0.1) is 12.8 Å². The molecular formula is C18H22N2O5. The van der Waals surface area contributed by atoms with E-state index in [0.29, 0.717) is 0 Å². The summed E-state index contributed by atoms with van der Waals surface area (Å²) in [5.74, 6) is -2.83. The Labute approximate surface area is 146 Å². The van der Waals surface area contributed by atoms with Crippen LogP contribution in [0.4, 0.5) is 0 Å². The largest absolute Gasteiger partial charge is 0.480 e. The van der Waals surface area contributed by atoms with Crippen molar-refractivity contribution in [3.63, 3.8) is 0 Å². The van der Waals surface area contributed by atoms with Crippen molar-refractivity contribution in [3.8, 4) is 0 Å².